The summed E-state index contributed by atoms with van der Waals surface area (Å²) < 4.78 is 33.2. The van der Waals surface area contributed by atoms with Crippen molar-refractivity contribution in [3.8, 4) is 5.75 Å². The van der Waals surface area contributed by atoms with Crippen LogP contribution < -0.4 is 14.4 Å². The predicted octanol–water partition coefficient (Wildman–Crippen LogP) is 4.35. The number of halogens is 1. The quantitative estimate of drug-likeness (QED) is 0.470. The van der Waals surface area contributed by atoms with Crippen LogP contribution in [0.25, 0.3) is 0 Å². The third-order valence-corrected chi connectivity index (χ3v) is 6.66. The van der Waals surface area contributed by atoms with E-state index in [0.29, 0.717) is 10.7 Å². The topological polar surface area (TPSA) is 75.7 Å². The van der Waals surface area contributed by atoms with Gasteiger partial charge in [-0.15, -0.1) is 0 Å². The molecular weight excluding hydrogens is 448 g/mol. The Morgan fingerprint density at radius 3 is 2.22 bits per heavy atom. The zero-order valence-corrected chi connectivity index (χ0v) is 19.5. The first-order chi connectivity index (χ1) is 15.3. The molecular formula is C24H25ClN2O4S. The Morgan fingerprint density at radius 1 is 0.969 bits per heavy atom. The van der Waals surface area contributed by atoms with Gasteiger partial charge in [-0.05, 0) is 73.5 Å². The Hall–Kier alpha value is -3.03. The second-order valence-corrected chi connectivity index (χ2v) is 9.62. The van der Waals surface area contributed by atoms with Gasteiger partial charge >= 0.3 is 0 Å². The van der Waals surface area contributed by atoms with Gasteiger partial charge < -0.3 is 10.1 Å². The van der Waals surface area contributed by atoms with Crippen LogP contribution in [-0.2, 0) is 14.8 Å². The van der Waals surface area contributed by atoms with E-state index in [1.54, 1.807) is 30.3 Å². The number of hydrogen-bond acceptors (Lipinski definition) is 4. The van der Waals surface area contributed by atoms with Crippen molar-refractivity contribution in [2.75, 3.05) is 24.0 Å². The first-order valence-corrected chi connectivity index (χ1v) is 11.9. The minimum Gasteiger partial charge on any atom is -0.492 e. The van der Waals surface area contributed by atoms with E-state index in [4.69, 9.17) is 16.3 Å². The highest BCUT2D eigenvalue weighted by atomic mass is 35.5. The van der Waals surface area contributed by atoms with Gasteiger partial charge in [-0.3, -0.25) is 9.10 Å². The summed E-state index contributed by atoms with van der Waals surface area (Å²) >= 11 is 5.89. The van der Waals surface area contributed by atoms with Crippen LogP contribution in [-0.4, -0.2) is 34.0 Å². The van der Waals surface area contributed by atoms with E-state index in [2.05, 4.69) is 5.32 Å². The summed E-state index contributed by atoms with van der Waals surface area (Å²) in [6.07, 6.45) is 0. The number of nitrogens with zero attached hydrogens (tertiary/aromatic N) is 1. The van der Waals surface area contributed by atoms with Gasteiger partial charge in [-0.2, -0.15) is 0 Å². The first-order valence-electron chi connectivity index (χ1n) is 10.1. The molecule has 0 fully saturated rings. The van der Waals surface area contributed by atoms with Crippen LogP contribution >= 0.6 is 11.6 Å². The maximum atomic E-state index is 13.2. The van der Waals surface area contributed by atoms with Crippen LogP contribution in [0.15, 0.2) is 77.7 Å². The molecule has 1 N–H and O–H groups in total. The van der Waals surface area contributed by atoms with E-state index in [-0.39, 0.29) is 24.6 Å². The third kappa shape index (κ3) is 6.24. The van der Waals surface area contributed by atoms with Crippen molar-refractivity contribution in [3.63, 3.8) is 0 Å². The summed E-state index contributed by atoms with van der Waals surface area (Å²) in [6, 6.07) is 20.2. The molecule has 0 saturated carbocycles. The van der Waals surface area contributed by atoms with Gasteiger partial charge in [-0.1, -0.05) is 35.9 Å². The summed E-state index contributed by atoms with van der Waals surface area (Å²) in [6.45, 7) is 4.12. The maximum absolute atomic E-state index is 13.2. The Labute approximate surface area is 193 Å². The number of nitrogens with one attached hydrogen (secondary N) is 1. The fraction of sp³-hybridized carbons (Fsp3) is 0.208. The Bertz CT molecular complexity index is 1150. The number of aryl methyl sites for hydroxylation is 2. The number of benzene rings is 3. The maximum Gasteiger partial charge on any atom is 0.264 e. The van der Waals surface area contributed by atoms with Crippen molar-refractivity contribution in [1.82, 2.24) is 5.32 Å². The van der Waals surface area contributed by atoms with Crippen LogP contribution in [0.1, 0.15) is 11.1 Å². The number of hydrogen-bond donors (Lipinski definition) is 1. The van der Waals surface area contributed by atoms with Crippen molar-refractivity contribution >= 4 is 33.2 Å². The molecule has 3 aromatic rings. The second kappa shape index (κ2) is 10.5. The molecule has 0 atom stereocenters. The van der Waals surface area contributed by atoms with Crippen molar-refractivity contribution < 1.29 is 17.9 Å². The minimum absolute atomic E-state index is 0.0525. The summed E-state index contributed by atoms with van der Waals surface area (Å²) in [5.41, 5.74) is 2.58. The van der Waals surface area contributed by atoms with Gasteiger partial charge in [0.1, 0.15) is 18.9 Å². The summed E-state index contributed by atoms with van der Waals surface area (Å²) in [7, 11) is -3.97. The van der Waals surface area contributed by atoms with Crippen LogP contribution in [0.4, 0.5) is 5.69 Å². The van der Waals surface area contributed by atoms with Crippen LogP contribution in [0, 0.1) is 13.8 Å². The van der Waals surface area contributed by atoms with E-state index >= 15 is 0 Å². The molecule has 168 valence electrons. The lowest BCUT2D eigenvalue weighted by molar-refractivity contribution is -0.119. The molecule has 0 aliphatic carbocycles. The molecule has 0 saturated heterocycles. The number of para-hydroxylation sites is 1. The molecule has 1 amide bonds. The van der Waals surface area contributed by atoms with E-state index in [1.807, 2.05) is 32.0 Å². The summed E-state index contributed by atoms with van der Waals surface area (Å²) in [5.74, 6) is 0.295. The fourth-order valence-corrected chi connectivity index (χ4v) is 4.75. The lowest BCUT2D eigenvalue weighted by Gasteiger charge is -2.24. The second-order valence-electron chi connectivity index (χ2n) is 7.32. The third-order valence-electron chi connectivity index (χ3n) is 4.62. The molecule has 3 rings (SSSR count). The highest BCUT2D eigenvalue weighted by Crippen LogP contribution is 2.24. The lowest BCUT2D eigenvalue weighted by atomic mass is 10.1. The normalized spacial score (nSPS) is 11.1. The molecule has 0 radical (unpaired) electrons. The number of anilines is 1. The van der Waals surface area contributed by atoms with Gasteiger partial charge in [-0.25, -0.2) is 8.42 Å². The number of carbonyl (C=O) groups is 1. The largest absolute Gasteiger partial charge is 0.492 e. The van der Waals surface area contributed by atoms with Gasteiger partial charge in [0.15, 0.2) is 0 Å². The molecule has 8 heteroatoms. The number of ether oxygens (including phenoxy) is 1. The molecule has 0 heterocycles. The smallest absolute Gasteiger partial charge is 0.264 e. The number of sulfonamides is 1. The SMILES string of the molecule is Cc1cc(C)cc(OCCNC(=O)CN(c2ccccc2)S(=O)(=O)c2ccc(Cl)cc2)c1. The van der Waals surface area contributed by atoms with E-state index in [0.717, 1.165) is 21.2 Å². The summed E-state index contributed by atoms with van der Waals surface area (Å²) in [4.78, 5) is 12.6. The number of amides is 1. The van der Waals surface area contributed by atoms with Crippen molar-refractivity contribution in [2.45, 2.75) is 18.7 Å². The van der Waals surface area contributed by atoms with E-state index in [9.17, 15) is 13.2 Å². The van der Waals surface area contributed by atoms with Crippen molar-refractivity contribution in [2.24, 2.45) is 0 Å². The standard InChI is InChI=1S/C24H25ClN2O4S/c1-18-14-19(2)16-22(15-18)31-13-12-26-24(28)17-27(21-6-4-3-5-7-21)32(29,30)23-10-8-20(25)9-11-23/h3-11,14-16H,12-13,17H2,1-2H3,(H,26,28). The van der Waals surface area contributed by atoms with Gasteiger partial charge in [0.25, 0.3) is 10.0 Å². The molecule has 0 unspecified atom stereocenters. The zero-order chi connectivity index (χ0) is 23.1. The molecule has 0 aromatic heterocycles. The average molecular weight is 473 g/mol. The van der Waals surface area contributed by atoms with Crippen LogP contribution in [0.2, 0.25) is 5.02 Å². The van der Waals surface area contributed by atoms with Crippen molar-refractivity contribution in [1.29, 1.82) is 0 Å². The molecule has 0 bridgehead atoms. The first kappa shape index (κ1) is 23.6. The Kier molecular flexibility index (Phi) is 7.77. The van der Waals surface area contributed by atoms with Gasteiger partial charge in [0.2, 0.25) is 5.91 Å². The van der Waals surface area contributed by atoms with Gasteiger partial charge in [0.05, 0.1) is 17.1 Å². The van der Waals surface area contributed by atoms with E-state index < -0.39 is 15.9 Å². The molecule has 0 aliphatic rings. The fourth-order valence-electron chi connectivity index (χ4n) is 3.21. The van der Waals surface area contributed by atoms with Crippen molar-refractivity contribution in [3.05, 3.63) is 88.9 Å². The average Bonchev–Trinajstić information content (AvgIpc) is 2.75. The van der Waals surface area contributed by atoms with Crippen LogP contribution in [0.5, 0.6) is 5.75 Å². The number of rotatable bonds is 9. The Morgan fingerprint density at radius 2 is 1.59 bits per heavy atom. The Balaban J connectivity index is 1.67. The highest BCUT2D eigenvalue weighted by molar-refractivity contribution is 7.92. The van der Waals surface area contributed by atoms with Crippen LogP contribution in [0.3, 0.4) is 0 Å². The predicted molar refractivity (Wildman–Crippen MR) is 127 cm³/mol. The van der Waals surface area contributed by atoms with Gasteiger partial charge in [0, 0.05) is 5.02 Å². The van der Waals surface area contributed by atoms with E-state index in [1.165, 1.54) is 24.3 Å². The zero-order valence-electron chi connectivity index (χ0n) is 17.9. The molecule has 0 aliphatic heterocycles. The molecule has 32 heavy (non-hydrogen) atoms. The monoisotopic (exact) mass is 472 g/mol. The summed E-state index contributed by atoms with van der Waals surface area (Å²) in [5, 5.41) is 3.15. The minimum atomic E-state index is -3.97. The number of carbonyl (C=O) groups excluding carboxylic acids is 1. The lowest BCUT2D eigenvalue weighted by Crippen LogP contribution is -2.41. The molecule has 3 aromatic carbocycles. The molecule has 0 spiro atoms. The highest BCUT2D eigenvalue weighted by Gasteiger charge is 2.27. The molecule has 6 nitrogen and oxygen atoms in total.